The molecule has 0 amide bonds. The maximum Gasteiger partial charge on any atom is 0.273 e. The molecule has 1 fully saturated rings. The molecule has 3 aromatic heterocycles. The summed E-state index contributed by atoms with van der Waals surface area (Å²) in [6.45, 7) is 4.57. The van der Waals surface area contributed by atoms with Gasteiger partial charge >= 0.3 is 0 Å². The van der Waals surface area contributed by atoms with Crippen LogP contribution in [-0.4, -0.2) is 33.0 Å². The topological polar surface area (TPSA) is 68.1 Å². The average Bonchev–Trinajstić information content (AvgIpc) is 3.38. The van der Waals surface area contributed by atoms with E-state index >= 15 is 0 Å². The smallest absolute Gasteiger partial charge is 0.273 e. The lowest BCUT2D eigenvalue weighted by Crippen LogP contribution is -2.30. The van der Waals surface area contributed by atoms with Crippen LogP contribution in [0.25, 0.3) is 26.3 Å². The second kappa shape index (κ2) is 7.17. The van der Waals surface area contributed by atoms with Crippen molar-refractivity contribution in [3.05, 3.63) is 36.4 Å². The van der Waals surface area contributed by atoms with E-state index in [1.54, 1.807) is 18.4 Å². The van der Waals surface area contributed by atoms with Gasteiger partial charge < -0.3 is 4.74 Å². The van der Waals surface area contributed by atoms with Gasteiger partial charge in [-0.2, -0.15) is 5.10 Å². The van der Waals surface area contributed by atoms with E-state index in [0.29, 0.717) is 17.6 Å². The van der Waals surface area contributed by atoms with Crippen LogP contribution in [0, 0.1) is 11.2 Å². The van der Waals surface area contributed by atoms with Crippen molar-refractivity contribution in [3.8, 4) is 22.2 Å². The molecule has 4 aromatic rings. The summed E-state index contributed by atoms with van der Waals surface area (Å²) in [6.07, 6.45) is 8.41. The molecule has 5 rings (SSSR count). The van der Waals surface area contributed by atoms with Crippen molar-refractivity contribution in [1.29, 1.82) is 5.26 Å². The van der Waals surface area contributed by atoms with Crippen LogP contribution < -0.4 is 4.74 Å². The second-order valence-corrected chi connectivity index (χ2v) is 9.66. The Morgan fingerprint density at radius 3 is 2.63 bits per heavy atom. The molecule has 0 N–H and O–H groups in total. The lowest BCUT2D eigenvalue weighted by atomic mass is 9.31. The lowest BCUT2D eigenvalue weighted by molar-refractivity contribution is 0.418. The van der Waals surface area contributed by atoms with E-state index in [1.807, 2.05) is 24.0 Å². The highest BCUT2D eigenvalue weighted by Crippen LogP contribution is 2.44. The predicted octanol–water partition coefficient (Wildman–Crippen LogP) is 5.17. The first-order valence-electron chi connectivity index (χ1n) is 10.4. The molecule has 1 saturated heterocycles. The predicted molar refractivity (Wildman–Crippen MR) is 122 cm³/mol. The molecule has 6 nitrogen and oxygen atoms in total. The molecule has 0 radical (unpaired) electrons. The zero-order valence-corrected chi connectivity index (χ0v) is 18.5. The van der Waals surface area contributed by atoms with Crippen molar-refractivity contribution < 1.29 is 4.74 Å². The molecular formula is C22H24BN5OS. The summed E-state index contributed by atoms with van der Waals surface area (Å²) in [5.74, 6) is 4.55. The summed E-state index contributed by atoms with van der Waals surface area (Å²) in [5, 5.41) is 15.0. The summed E-state index contributed by atoms with van der Waals surface area (Å²) in [4.78, 5) is 7.13. The van der Waals surface area contributed by atoms with Crippen LogP contribution in [0.2, 0.25) is 11.6 Å². The van der Waals surface area contributed by atoms with Crippen LogP contribution in [-0.2, 0) is 7.05 Å². The van der Waals surface area contributed by atoms with Crippen LogP contribution in [0.3, 0.4) is 0 Å². The fraction of sp³-hybridized carbons (Fsp3) is 0.409. The Labute approximate surface area is 180 Å². The lowest BCUT2D eigenvalue weighted by Gasteiger charge is -2.32. The van der Waals surface area contributed by atoms with Crippen LogP contribution in [0.4, 0.5) is 0 Å². The molecule has 0 aliphatic carbocycles. The Balaban J connectivity index is 1.47. The number of hydrogen-bond donors (Lipinski definition) is 0. The van der Waals surface area contributed by atoms with Crippen molar-refractivity contribution in [1.82, 2.24) is 19.2 Å². The minimum absolute atomic E-state index is 0.161. The van der Waals surface area contributed by atoms with Gasteiger partial charge in [0.1, 0.15) is 11.3 Å². The quantitative estimate of drug-likeness (QED) is 0.431. The number of thiazole rings is 1. The average molecular weight is 417 g/mol. The Bertz CT molecular complexity index is 1240. The molecule has 0 bridgehead atoms. The van der Waals surface area contributed by atoms with Gasteiger partial charge in [0.2, 0.25) is 0 Å². The molecule has 1 aliphatic rings. The molecule has 1 aliphatic heterocycles. The third-order valence-electron chi connectivity index (χ3n) is 6.47. The molecule has 0 saturated carbocycles. The highest BCUT2D eigenvalue weighted by molar-refractivity contribution is 7.20. The Hall–Kier alpha value is -2.79. The number of ether oxygens (including phenoxy) is 1. The Morgan fingerprint density at radius 1 is 1.20 bits per heavy atom. The second-order valence-electron chi connectivity index (χ2n) is 8.65. The van der Waals surface area contributed by atoms with Gasteiger partial charge in [-0.05, 0) is 42.2 Å². The maximum atomic E-state index is 9.43. The van der Waals surface area contributed by atoms with Crippen LogP contribution >= 0.6 is 11.3 Å². The van der Waals surface area contributed by atoms with Crippen LogP contribution in [0.5, 0.6) is 5.75 Å². The summed E-state index contributed by atoms with van der Waals surface area (Å²) in [6, 6.07) is 4.21. The highest BCUT2D eigenvalue weighted by Gasteiger charge is 2.38. The normalized spacial score (nSPS) is 22.0. The van der Waals surface area contributed by atoms with E-state index in [1.165, 1.54) is 0 Å². The number of nitrogens with zero attached hydrogens (tertiary/aromatic N) is 5. The first-order chi connectivity index (χ1) is 14.5. The van der Waals surface area contributed by atoms with E-state index in [0.717, 1.165) is 50.6 Å². The van der Waals surface area contributed by atoms with E-state index in [9.17, 15) is 5.26 Å². The van der Waals surface area contributed by atoms with Crippen molar-refractivity contribution >= 4 is 33.9 Å². The number of fused-ring (bicyclic) bond motifs is 2. The number of imidazole rings is 1. The van der Waals surface area contributed by atoms with Crippen molar-refractivity contribution in [2.24, 2.45) is 7.05 Å². The number of aryl methyl sites for hydroxylation is 1. The van der Waals surface area contributed by atoms with Crippen molar-refractivity contribution in [2.45, 2.75) is 44.2 Å². The van der Waals surface area contributed by atoms with Gasteiger partial charge in [-0.25, -0.2) is 10.2 Å². The van der Waals surface area contributed by atoms with E-state index in [2.05, 4.69) is 47.8 Å². The van der Waals surface area contributed by atoms with Gasteiger partial charge in [0, 0.05) is 42.9 Å². The van der Waals surface area contributed by atoms with Gasteiger partial charge in [-0.3, -0.25) is 9.08 Å². The van der Waals surface area contributed by atoms with Crippen molar-refractivity contribution in [2.75, 3.05) is 7.11 Å². The van der Waals surface area contributed by atoms with E-state index in [-0.39, 0.29) is 6.71 Å². The first-order valence-corrected chi connectivity index (χ1v) is 11.2. The number of methoxy groups -OCH3 is 1. The molecule has 4 heterocycles. The number of nitriles is 1. The Morgan fingerprint density at radius 2 is 1.97 bits per heavy atom. The molecule has 30 heavy (non-hydrogen) atoms. The maximum absolute atomic E-state index is 9.43. The molecule has 152 valence electrons. The molecular weight excluding hydrogens is 393 g/mol. The fourth-order valence-corrected chi connectivity index (χ4v) is 5.97. The fourth-order valence-electron chi connectivity index (χ4n) is 5.01. The summed E-state index contributed by atoms with van der Waals surface area (Å²) >= 11 is 1.69. The number of benzene rings is 1. The van der Waals surface area contributed by atoms with Gasteiger partial charge in [0.05, 0.1) is 17.7 Å². The van der Waals surface area contributed by atoms with E-state index < -0.39 is 0 Å². The third-order valence-corrected chi connectivity index (χ3v) is 7.52. The third kappa shape index (κ3) is 3.09. The SMILES string of the molecule is COc1cc(-c2cn3cc(C4CC(C)B(C#N)C(C)C4)nc3s2)cc2cn(C)nc12. The van der Waals surface area contributed by atoms with Gasteiger partial charge in [0.25, 0.3) is 6.71 Å². The van der Waals surface area contributed by atoms with Crippen LogP contribution in [0.1, 0.15) is 38.3 Å². The minimum atomic E-state index is 0.161. The monoisotopic (exact) mass is 417 g/mol. The van der Waals surface area contributed by atoms with Gasteiger partial charge in [-0.1, -0.05) is 25.2 Å². The molecule has 0 spiro atoms. The zero-order chi connectivity index (χ0) is 21.0. The summed E-state index contributed by atoms with van der Waals surface area (Å²) < 4.78 is 9.53. The zero-order valence-electron chi connectivity index (χ0n) is 17.7. The number of rotatable bonds is 3. The van der Waals surface area contributed by atoms with Crippen LogP contribution in [0.15, 0.2) is 30.7 Å². The van der Waals surface area contributed by atoms with Gasteiger partial charge in [-0.15, -0.1) is 0 Å². The summed E-state index contributed by atoms with van der Waals surface area (Å²) in [7, 11) is 3.61. The molecule has 2 unspecified atom stereocenters. The van der Waals surface area contributed by atoms with E-state index in [4.69, 9.17) is 9.72 Å². The molecule has 1 aromatic carbocycles. The molecule has 8 heteroatoms. The minimum Gasteiger partial charge on any atom is -0.494 e. The standard InChI is InChI=1S/C22H24BN5OS/c1-13-5-15(6-14(2)23(13)12-24)18-10-28-11-20(30-22(28)25-18)16-7-17-9-27(3)26-21(17)19(8-16)29-4/h7-11,13-15H,5-6H2,1-4H3. The number of aromatic nitrogens is 4. The largest absolute Gasteiger partial charge is 0.494 e. The first kappa shape index (κ1) is 19.2. The van der Waals surface area contributed by atoms with Gasteiger partial charge in [0.15, 0.2) is 4.96 Å². The van der Waals surface area contributed by atoms with Crippen molar-refractivity contribution in [3.63, 3.8) is 0 Å². The number of hydrogen-bond acceptors (Lipinski definition) is 5. The molecule has 2 atom stereocenters. The summed E-state index contributed by atoms with van der Waals surface area (Å²) in [5.41, 5.74) is 3.15. The highest BCUT2D eigenvalue weighted by atomic mass is 32.1. The Kier molecular flexibility index (Phi) is 4.59.